The number of benzene rings is 2. The Balaban J connectivity index is 1.78. The number of hydrogen-bond donors (Lipinski definition) is 2. The zero-order valence-electron chi connectivity index (χ0n) is 18.5. The highest BCUT2D eigenvalue weighted by molar-refractivity contribution is 6.31. The van der Waals surface area contributed by atoms with Crippen LogP contribution in [0.5, 0.6) is 0 Å². The number of aromatic nitrogens is 2. The van der Waals surface area contributed by atoms with Crippen molar-refractivity contribution in [1.29, 1.82) is 0 Å². The normalized spacial score (nSPS) is 15.2. The fraction of sp³-hybridized carbons (Fsp3) is 0.240. The second kappa shape index (κ2) is 9.92. The number of nitrogens with one attached hydrogen (secondary N) is 2. The summed E-state index contributed by atoms with van der Waals surface area (Å²) in [6.07, 6.45) is 2.29. The summed E-state index contributed by atoms with van der Waals surface area (Å²) in [5.74, 6) is -0.410. The van der Waals surface area contributed by atoms with Crippen LogP contribution in [0.25, 0.3) is 0 Å². The number of nitrogens with zero attached hydrogens (tertiary/aromatic N) is 2. The number of anilines is 2. The highest BCUT2D eigenvalue weighted by Crippen LogP contribution is 2.46. The second-order valence-corrected chi connectivity index (χ2v) is 8.06. The van der Waals surface area contributed by atoms with Gasteiger partial charge >= 0.3 is 12.1 Å². The SMILES string of the molecule is CCCC1=C(C(=O)OC(=O)Nc2ccccc2)C(c2ccccc2Cl)c2cn[nH]c2N1CC. The molecular weight excluding hydrogens is 440 g/mol. The fourth-order valence-corrected chi connectivity index (χ4v) is 4.49. The van der Waals surface area contributed by atoms with Crippen molar-refractivity contribution in [3.05, 3.63) is 88.2 Å². The van der Waals surface area contributed by atoms with Crippen molar-refractivity contribution < 1.29 is 14.3 Å². The monoisotopic (exact) mass is 464 g/mol. The van der Waals surface area contributed by atoms with E-state index in [2.05, 4.69) is 15.5 Å². The molecule has 0 bridgehead atoms. The van der Waals surface area contributed by atoms with Crippen molar-refractivity contribution >= 4 is 35.2 Å². The Labute approximate surface area is 197 Å². The van der Waals surface area contributed by atoms with Crippen molar-refractivity contribution in [2.45, 2.75) is 32.6 Å². The maximum atomic E-state index is 13.5. The number of amides is 1. The van der Waals surface area contributed by atoms with Gasteiger partial charge in [0.15, 0.2) is 0 Å². The van der Waals surface area contributed by atoms with E-state index in [-0.39, 0.29) is 0 Å². The molecule has 8 heteroatoms. The topological polar surface area (TPSA) is 87.3 Å². The molecule has 0 spiro atoms. The summed E-state index contributed by atoms with van der Waals surface area (Å²) >= 11 is 6.57. The van der Waals surface area contributed by atoms with Gasteiger partial charge in [-0.05, 0) is 37.1 Å². The molecule has 1 aliphatic heterocycles. The molecule has 33 heavy (non-hydrogen) atoms. The van der Waals surface area contributed by atoms with Crippen LogP contribution in [0.15, 0.2) is 72.1 Å². The van der Waals surface area contributed by atoms with Gasteiger partial charge in [0.1, 0.15) is 5.82 Å². The van der Waals surface area contributed by atoms with E-state index in [0.29, 0.717) is 29.2 Å². The largest absolute Gasteiger partial charge is 0.419 e. The minimum Gasteiger partial charge on any atom is -0.372 e. The zero-order valence-corrected chi connectivity index (χ0v) is 19.2. The Bertz CT molecular complexity index is 1190. The number of ether oxygens (including phenoxy) is 1. The van der Waals surface area contributed by atoms with Crippen LogP contribution < -0.4 is 10.2 Å². The fourth-order valence-electron chi connectivity index (χ4n) is 4.25. The van der Waals surface area contributed by atoms with Gasteiger partial charge in [-0.3, -0.25) is 10.4 Å². The van der Waals surface area contributed by atoms with E-state index in [0.717, 1.165) is 29.1 Å². The van der Waals surface area contributed by atoms with Gasteiger partial charge in [-0.15, -0.1) is 0 Å². The number of carbonyl (C=O) groups is 2. The van der Waals surface area contributed by atoms with Gasteiger partial charge in [-0.1, -0.05) is 61.3 Å². The van der Waals surface area contributed by atoms with E-state index in [9.17, 15) is 9.59 Å². The Morgan fingerprint density at radius 3 is 2.52 bits per heavy atom. The Morgan fingerprint density at radius 1 is 1.09 bits per heavy atom. The van der Waals surface area contributed by atoms with Gasteiger partial charge < -0.3 is 9.64 Å². The number of hydrogen-bond acceptors (Lipinski definition) is 5. The Morgan fingerprint density at radius 2 is 1.82 bits per heavy atom. The van der Waals surface area contributed by atoms with Crippen LogP contribution in [0.1, 0.15) is 43.7 Å². The lowest BCUT2D eigenvalue weighted by molar-refractivity contribution is -0.132. The molecule has 1 aliphatic rings. The molecule has 0 saturated carbocycles. The van der Waals surface area contributed by atoms with E-state index < -0.39 is 18.0 Å². The highest BCUT2D eigenvalue weighted by atomic mass is 35.5. The van der Waals surface area contributed by atoms with E-state index in [4.69, 9.17) is 16.3 Å². The molecule has 4 rings (SSSR count). The maximum absolute atomic E-state index is 13.5. The molecule has 1 amide bonds. The molecule has 0 saturated heterocycles. The second-order valence-electron chi connectivity index (χ2n) is 7.65. The molecule has 1 atom stereocenters. The molecule has 3 aromatic rings. The first-order chi connectivity index (χ1) is 16.0. The lowest BCUT2D eigenvalue weighted by atomic mass is 9.81. The van der Waals surface area contributed by atoms with Crippen molar-refractivity contribution in [1.82, 2.24) is 10.2 Å². The molecule has 1 unspecified atom stereocenters. The average Bonchev–Trinajstić information content (AvgIpc) is 3.29. The van der Waals surface area contributed by atoms with Crippen LogP contribution in [0, 0.1) is 0 Å². The standard InChI is InChI=1S/C25H25ClN4O3/c1-3-10-20-22(24(31)33-25(32)28-16-11-6-5-7-12-16)21(17-13-8-9-14-19(17)26)18-15-27-29-23(18)30(20)4-2/h5-9,11-15,21H,3-4,10H2,1-2H3,(H,27,29)(H,28,32). The first kappa shape index (κ1) is 22.6. The smallest absolute Gasteiger partial charge is 0.372 e. The minimum atomic E-state index is -0.839. The number of halogens is 1. The molecule has 2 heterocycles. The summed E-state index contributed by atoms with van der Waals surface area (Å²) in [5.41, 5.74) is 3.28. The van der Waals surface area contributed by atoms with Crippen molar-refractivity contribution in [3.8, 4) is 0 Å². The summed E-state index contributed by atoms with van der Waals surface area (Å²) in [6, 6.07) is 16.2. The molecule has 2 N–H and O–H groups in total. The molecule has 0 aliphatic carbocycles. The van der Waals surface area contributed by atoms with Crippen LogP contribution in [-0.2, 0) is 9.53 Å². The highest BCUT2D eigenvalue weighted by Gasteiger charge is 2.40. The van der Waals surface area contributed by atoms with E-state index in [1.54, 1.807) is 36.5 Å². The number of carbonyl (C=O) groups excluding carboxylic acids is 2. The third kappa shape index (κ3) is 4.50. The molecule has 0 radical (unpaired) electrons. The Kier molecular flexibility index (Phi) is 6.79. The number of allylic oxidation sites excluding steroid dienone is 1. The van der Waals surface area contributed by atoms with Crippen molar-refractivity contribution in [3.63, 3.8) is 0 Å². The van der Waals surface area contributed by atoms with Gasteiger partial charge in [0.25, 0.3) is 0 Å². The van der Waals surface area contributed by atoms with Crippen LogP contribution >= 0.6 is 11.6 Å². The van der Waals surface area contributed by atoms with Gasteiger partial charge in [-0.25, -0.2) is 9.59 Å². The number of aromatic amines is 1. The lowest BCUT2D eigenvalue weighted by Crippen LogP contribution is -2.34. The van der Waals surface area contributed by atoms with Gasteiger partial charge in [0, 0.05) is 34.4 Å². The first-order valence-corrected chi connectivity index (χ1v) is 11.3. The van der Waals surface area contributed by atoms with Crippen LogP contribution in [0.2, 0.25) is 5.02 Å². The number of fused-ring (bicyclic) bond motifs is 1. The van der Waals surface area contributed by atoms with Crippen molar-refractivity contribution in [2.75, 3.05) is 16.8 Å². The summed E-state index contributed by atoms with van der Waals surface area (Å²) < 4.78 is 5.30. The first-order valence-electron chi connectivity index (χ1n) is 10.9. The zero-order chi connectivity index (χ0) is 23.4. The van der Waals surface area contributed by atoms with Gasteiger partial charge in [-0.2, -0.15) is 5.10 Å². The molecule has 1 aromatic heterocycles. The van der Waals surface area contributed by atoms with Crippen LogP contribution in [0.4, 0.5) is 16.3 Å². The third-order valence-corrected chi connectivity index (χ3v) is 5.94. The molecule has 0 fully saturated rings. The van der Waals surface area contributed by atoms with E-state index in [1.165, 1.54) is 0 Å². The molecular formula is C25H25ClN4O3. The van der Waals surface area contributed by atoms with Gasteiger partial charge in [0.05, 0.1) is 11.8 Å². The molecule has 170 valence electrons. The van der Waals surface area contributed by atoms with Crippen LogP contribution in [0.3, 0.4) is 0 Å². The predicted molar refractivity (Wildman–Crippen MR) is 128 cm³/mol. The van der Waals surface area contributed by atoms with E-state index in [1.807, 2.05) is 43.0 Å². The Hall–Kier alpha value is -3.58. The molecule has 2 aromatic carbocycles. The number of H-pyrrole nitrogens is 1. The summed E-state index contributed by atoms with van der Waals surface area (Å²) in [6.45, 7) is 4.66. The van der Waals surface area contributed by atoms with E-state index >= 15 is 0 Å². The summed E-state index contributed by atoms with van der Waals surface area (Å²) in [4.78, 5) is 28.1. The predicted octanol–water partition coefficient (Wildman–Crippen LogP) is 5.86. The van der Waals surface area contributed by atoms with Crippen molar-refractivity contribution in [2.24, 2.45) is 0 Å². The number of esters is 1. The summed E-state index contributed by atoms with van der Waals surface area (Å²) in [7, 11) is 0. The van der Waals surface area contributed by atoms with Crippen LogP contribution in [-0.4, -0.2) is 28.8 Å². The minimum absolute atomic E-state index is 0.393. The quantitative estimate of drug-likeness (QED) is 0.352. The molecule has 7 nitrogen and oxygen atoms in total. The van der Waals surface area contributed by atoms with Gasteiger partial charge in [0.2, 0.25) is 0 Å². The summed E-state index contributed by atoms with van der Waals surface area (Å²) in [5, 5.41) is 10.4. The lowest BCUT2D eigenvalue weighted by Gasteiger charge is -2.36. The number of rotatable bonds is 6. The third-order valence-electron chi connectivity index (χ3n) is 5.60. The number of para-hydroxylation sites is 1. The maximum Gasteiger partial charge on any atom is 0.419 e. The average molecular weight is 465 g/mol.